The van der Waals surface area contributed by atoms with E-state index in [4.69, 9.17) is 0 Å². The van der Waals surface area contributed by atoms with E-state index in [1.807, 2.05) is 6.07 Å². The topological polar surface area (TPSA) is 12.9 Å². The predicted octanol–water partition coefficient (Wildman–Crippen LogP) is 1.60. The van der Waals surface area contributed by atoms with Crippen LogP contribution in [0.25, 0.3) is 10.9 Å². The van der Waals surface area contributed by atoms with E-state index < -0.39 is 0 Å². The van der Waals surface area contributed by atoms with Gasteiger partial charge < -0.3 is 0 Å². The molecule has 0 amide bonds. The first kappa shape index (κ1) is 6.14. The summed E-state index contributed by atoms with van der Waals surface area (Å²) in [6.07, 6.45) is 0. The Morgan fingerprint density at radius 2 is 2.10 bits per heavy atom. The quantitative estimate of drug-likeness (QED) is 0.583. The van der Waals surface area contributed by atoms with Crippen LogP contribution in [0.3, 0.4) is 0 Å². The zero-order valence-corrected chi connectivity index (χ0v) is 7.38. The van der Waals surface area contributed by atoms with Crippen molar-refractivity contribution < 1.29 is 0 Å². The normalized spacial score (nSPS) is 10.5. The third-order valence-corrected chi connectivity index (χ3v) is 3.20. The van der Waals surface area contributed by atoms with Crippen LogP contribution in [-0.2, 0) is 0 Å². The summed E-state index contributed by atoms with van der Waals surface area (Å²) in [5.74, 6) is 0. The number of hydrogen-bond donors (Lipinski definition) is 0. The molecular weight excluding hydrogens is 189 g/mol. The zero-order valence-electron chi connectivity index (χ0n) is 5.66. The van der Waals surface area contributed by atoms with E-state index in [0.717, 1.165) is 0 Å². The molecule has 0 aliphatic rings. The fourth-order valence-corrected chi connectivity index (χ4v) is 2.41. The molecule has 0 radical (unpaired) electrons. The third kappa shape index (κ3) is 0.808. The van der Waals surface area contributed by atoms with Crippen LogP contribution in [0.1, 0.15) is 4.44 Å². The molecular formula is C8H7NSe. The van der Waals surface area contributed by atoms with Gasteiger partial charge in [-0.25, -0.2) is 0 Å². The summed E-state index contributed by atoms with van der Waals surface area (Å²) in [4.78, 5) is 0. The fourth-order valence-electron chi connectivity index (χ4n) is 1.02. The molecule has 2 rings (SSSR count). The monoisotopic (exact) mass is 197 g/mol. The zero-order chi connectivity index (χ0) is 6.97. The second-order valence-electron chi connectivity index (χ2n) is 2.26. The molecule has 0 fully saturated rings. The Bertz CT molecular complexity index is 351. The summed E-state index contributed by atoms with van der Waals surface area (Å²) in [5, 5.41) is 1.35. The van der Waals surface area contributed by atoms with Gasteiger partial charge in [-0.1, -0.05) is 0 Å². The maximum atomic E-state index is 4.41. The first-order chi connectivity index (χ1) is 4.88. The number of aryl methyl sites for hydroxylation is 1. The average molecular weight is 196 g/mol. The number of aromatic nitrogens is 1. The van der Waals surface area contributed by atoms with Crippen LogP contribution in [0.2, 0.25) is 0 Å². The van der Waals surface area contributed by atoms with Gasteiger partial charge in [0.25, 0.3) is 0 Å². The van der Waals surface area contributed by atoms with Gasteiger partial charge in [-0.05, 0) is 0 Å². The van der Waals surface area contributed by atoms with Crippen LogP contribution in [-0.4, -0.2) is 18.7 Å². The standard InChI is InChI=1S/C8H7NSe/c1-6-7-4-2-3-5-8(7)9-10-6/h2-5H,1H3. The van der Waals surface area contributed by atoms with E-state index in [-0.39, 0.29) is 0 Å². The van der Waals surface area contributed by atoms with Crippen LogP contribution in [0, 0.1) is 6.92 Å². The molecule has 0 aliphatic heterocycles. The molecule has 0 atom stereocenters. The van der Waals surface area contributed by atoms with Gasteiger partial charge in [-0.15, -0.1) is 0 Å². The molecule has 2 heteroatoms. The van der Waals surface area contributed by atoms with Gasteiger partial charge in [-0.3, -0.25) is 0 Å². The first-order valence-corrected chi connectivity index (χ1v) is 4.81. The number of hydrogen-bond acceptors (Lipinski definition) is 1. The summed E-state index contributed by atoms with van der Waals surface area (Å²) in [7, 11) is 0. The SMILES string of the molecule is Cc1[se]nc2ccccc12. The van der Waals surface area contributed by atoms with Gasteiger partial charge in [0.1, 0.15) is 0 Å². The molecule has 0 bridgehead atoms. The van der Waals surface area contributed by atoms with Crippen molar-refractivity contribution in [1.82, 2.24) is 3.98 Å². The number of fused-ring (bicyclic) bond motifs is 1. The van der Waals surface area contributed by atoms with Crippen molar-refractivity contribution in [3.8, 4) is 0 Å². The molecule has 0 spiro atoms. The second-order valence-corrected chi connectivity index (χ2v) is 4.31. The Morgan fingerprint density at radius 1 is 1.30 bits per heavy atom. The van der Waals surface area contributed by atoms with Crippen LogP contribution in [0.4, 0.5) is 0 Å². The molecule has 50 valence electrons. The molecule has 10 heavy (non-hydrogen) atoms. The first-order valence-electron chi connectivity index (χ1n) is 3.19. The van der Waals surface area contributed by atoms with Crippen molar-refractivity contribution in [2.45, 2.75) is 6.92 Å². The van der Waals surface area contributed by atoms with Crippen LogP contribution >= 0.6 is 0 Å². The molecule has 1 heterocycles. The molecule has 0 saturated heterocycles. The van der Waals surface area contributed by atoms with Crippen molar-refractivity contribution in [2.75, 3.05) is 0 Å². The number of rotatable bonds is 0. The molecule has 1 aromatic heterocycles. The van der Waals surface area contributed by atoms with Crippen LogP contribution in [0.5, 0.6) is 0 Å². The Labute approximate surface area is 65.7 Å². The van der Waals surface area contributed by atoms with Gasteiger partial charge >= 0.3 is 65.2 Å². The van der Waals surface area contributed by atoms with Gasteiger partial charge in [0.2, 0.25) is 0 Å². The van der Waals surface area contributed by atoms with E-state index in [1.165, 1.54) is 15.3 Å². The van der Waals surface area contributed by atoms with E-state index >= 15 is 0 Å². The Morgan fingerprint density at radius 3 is 2.90 bits per heavy atom. The molecule has 0 unspecified atom stereocenters. The van der Waals surface area contributed by atoms with Crippen molar-refractivity contribution in [3.63, 3.8) is 0 Å². The van der Waals surface area contributed by atoms with E-state index in [1.54, 1.807) is 0 Å². The van der Waals surface area contributed by atoms with E-state index in [9.17, 15) is 0 Å². The average Bonchev–Trinajstić information content (AvgIpc) is 2.34. The summed E-state index contributed by atoms with van der Waals surface area (Å²) in [6.45, 7) is 2.16. The Hall–Kier alpha value is -0.591. The van der Waals surface area contributed by atoms with E-state index in [0.29, 0.717) is 14.7 Å². The maximum absolute atomic E-state index is 4.41. The number of nitrogens with zero attached hydrogens (tertiary/aromatic N) is 1. The molecule has 1 aromatic carbocycles. The van der Waals surface area contributed by atoms with Gasteiger partial charge in [0, 0.05) is 0 Å². The van der Waals surface area contributed by atoms with Crippen molar-refractivity contribution in [1.29, 1.82) is 0 Å². The third-order valence-electron chi connectivity index (χ3n) is 1.56. The van der Waals surface area contributed by atoms with Crippen molar-refractivity contribution in [3.05, 3.63) is 28.7 Å². The summed E-state index contributed by atoms with van der Waals surface area (Å²) in [5.41, 5.74) is 1.18. The molecule has 1 nitrogen and oxygen atoms in total. The molecule has 0 aliphatic carbocycles. The van der Waals surface area contributed by atoms with Crippen LogP contribution in [0.15, 0.2) is 24.3 Å². The van der Waals surface area contributed by atoms with Crippen LogP contribution < -0.4 is 0 Å². The molecule has 2 aromatic rings. The summed E-state index contributed by atoms with van der Waals surface area (Å²) >= 11 is 0.379. The fraction of sp³-hybridized carbons (Fsp3) is 0.125. The minimum absolute atomic E-state index is 0.379. The van der Waals surface area contributed by atoms with Gasteiger partial charge in [0.05, 0.1) is 0 Å². The summed E-state index contributed by atoms with van der Waals surface area (Å²) in [6, 6.07) is 8.33. The van der Waals surface area contributed by atoms with Crippen molar-refractivity contribution >= 4 is 25.6 Å². The van der Waals surface area contributed by atoms with Crippen molar-refractivity contribution in [2.24, 2.45) is 0 Å². The summed E-state index contributed by atoms with van der Waals surface area (Å²) < 4.78 is 5.85. The minimum atomic E-state index is 0.379. The molecule has 0 saturated carbocycles. The second kappa shape index (κ2) is 2.22. The van der Waals surface area contributed by atoms with E-state index in [2.05, 4.69) is 29.1 Å². The number of benzene rings is 1. The Balaban J connectivity index is 2.93. The Kier molecular flexibility index (Phi) is 1.37. The molecule has 0 N–H and O–H groups in total. The van der Waals surface area contributed by atoms with Gasteiger partial charge in [0.15, 0.2) is 0 Å². The van der Waals surface area contributed by atoms with Gasteiger partial charge in [-0.2, -0.15) is 0 Å². The predicted molar refractivity (Wildman–Crippen MR) is 43.4 cm³/mol.